The number of carbonyl (C=O) groups excluding carboxylic acids is 1. The molecule has 0 radical (unpaired) electrons. The second-order valence-electron chi connectivity index (χ2n) is 5.58. The molecule has 5 heteroatoms. The van der Waals surface area contributed by atoms with Crippen LogP contribution in [-0.4, -0.2) is 21.5 Å². The Kier molecular flexibility index (Phi) is 3.79. The van der Waals surface area contributed by atoms with Gasteiger partial charge in [-0.1, -0.05) is 0 Å². The van der Waals surface area contributed by atoms with Crippen LogP contribution in [0.2, 0.25) is 0 Å². The van der Waals surface area contributed by atoms with Crippen molar-refractivity contribution in [2.24, 2.45) is 0 Å². The third-order valence-electron chi connectivity index (χ3n) is 2.48. The molecule has 106 valence electrons. The first-order chi connectivity index (χ1) is 9.33. The lowest BCUT2D eigenvalue weighted by atomic mass is 10.2. The van der Waals surface area contributed by atoms with Gasteiger partial charge in [0, 0.05) is 5.69 Å². The third-order valence-corrected chi connectivity index (χ3v) is 2.48. The zero-order chi connectivity index (χ0) is 14.8. The Balaban J connectivity index is 2.02. The minimum absolute atomic E-state index is 0.213. The molecule has 0 aliphatic heterocycles. The van der Waals surface area contributed by atoms with Gasteiger partial charge in [0.25, 0.3) is 5.91 Å². The third kappa shape index (κ3) is 3.85. The fraction of sp³-hybridized carbons (Fsp3) is 0.333. The van der Waals surface area contributed by atoms with E-state index in [4.69, 9.17) is 4.74 Å². The van der Waals surface area contributed by atoms with Gasteiger partial charge in [0.15, 0.2) is 0 Å². The molecule has 2 aromatic rings. The van der Waals surface area contributed by atoms with Gasteiger partial charge in [0.2, 0.25) is 0 Å². The second kappa shape index (κ2) is 5.36. The van der Waals surface area contributed by atoms with Crippen molar-refractivity contribution in [1.82, 2.24) is 9.97 Å². The number of carbonyl (C=O) groups is 1. The largest absolute Gasteiger partial charge is 0.488 e. The molecule has 2 N–H and O–H groups in total. The summed E-state index contributed by atoms with van der Waals surface area (Å²) in [6, 6.07) is 7.28. The van der Waals surface area contributed by atoms with E-state index in [2.05, 4.69) is 15.3 Å². The van der Waals surface area contributed by atoms with E-state index in [9.17, 15) is 4.79 Å². The lowest BCUT2D eigenvalue weighted by molar-refractivity contribution is 0.102. The zero-order valence-electron chi connectivity index (χ0n) is 12.2. The van der Waals surface area contributed by atoms with Crippen LogP contribution in [0.3, 0.4) is 0 Å². The van der Waals surface area contributed by atoms with Crippen molar-refractivity contribution in [2.75, 3.05) is 5.32 Å². The van der Waals surface area contributed by atoms with Crippen molar-refractivity contribution in [2.45, 2.75) is 33.3 Å². The number of hydrogen-bond acceptors (Lipinski definition) is 3. The summed E-state index contributed by atoms with van der Waals surface area (Å²) in [4.78, 5) is 18.8. The number of hydrogen-bond donors (Lipinski definition) is 2. The maximum atomic E-state index is 11.9. The van der Waals surface area contributed by atoms with Crippen molar-refractivity contribution in [3.63, 3.8) is 0 Å². The molecule has 0 aliphatic rings. The van der Waals surface area contributed by atoms with Gasteiger partial charge in [-0.05, 0) is 52.0 Å². The van der Waals surface area contributed by atoms with Gasteiger partial charge < -0.3 is 15.0 Å². The SMILES string of the molecule is Cc1ncc(C(=O)Nc2ccc(OC(C)(C)C)cc2)[nH]1. The van der Waals surface area contributed by atoms with Crippen LogP contribution in [0.5, 0.6) is 5.75 Å². The maximum absolute atomic E-state index is 11.9. The number of benzene rings is 1. The summed E-state index contributed by atoms with van der Waals surface area (Å²) in [5.41, 5.74) is 0.916. The van der Waals surface area contributed by atoms with Crippen LogP contribution in [-0.2, 0) is 0 Å². The highest BCUT2D eigenvalue weighted by atomic mass is 16.5. The average molecular weight is 273 g/mol. The molecule has 0 unspecified atom stereocenters. The molecule has 0 spiro atoms. The Morgan fingerprint density at radius 1 is 1.25 bits per heavy atom. The molecule has 0 atom stereocenters. The molecule has 1 aromatic carbocycles. The van der Waals surface area contributed by atoms with Gasteiger partial charge in [-0.15, -0.1) is 0 Å². The summed E-state index contributed by atoms with van der Waals surface area (Å²) in [7, 11) is 0. The van der Waals surface area contributed by atoms with Crippen LogP contribution in [0.4, 0.5) is 5.69 Å². The van der Waals surface area contributed by atoms with E-state index < -0.39 is 0 Å². The fourth-order valence-electron chi connectivity index (χ4n) is 1.69. The van der Waals surface area contributed by atoms with Crippen molar-refractivity contribution < 1.29 is 9.53 Å². The van der Waals surface area contributed by atoms with Crippen LogP contribution in [0.1, 0.15) is 37.1 Å². The van der Waals surface area contributed by atoms with Crippen LogP contribution in [0, 0.1) is 6.92 Å². The summed E-state index contributed by atoms with van der Waals surface area (Å²) in [6.45, 7) is 7.77. The van der Waals surface area contributed by atoms with E-state index in [-0.39, 0.29) is 11.5 Å². The molecule has 5 nitrogen and oxygen atoms in total. The minimum atomic E-state index is -0.238. The number of amides is 1. The van der Waals surface area contributed by atoms with Gasteiger partial charge in [0.05, 0.1) is 6.20 Å². The minimum Gasteiger partial charge on any atom is -0.488 e. The van der Waals surface area contributed by atoms with Gasteiger partial charge in [-0.2, -0.15) is 0 Å². The second-order valence-corrected chi connectivity index (χ2v) is 5.58. The normalized spacial score (nSPS) is 11.2. The number of aromatic nitrogens is 2. The van der Waals surface area contributed by atoms with Crippen LogP contribution in [0.25, 0.3) is 0 Å². The lowest BCUT2D eigenvalue weighted by Crippen LogP contribution is -2.22. The average Bonchev–Trinajstić information content (AvgIpc) is 2.77. The highest BCUT2D eigenvalue weighted by Gasteiger charge is 2.12. The molecule has 0 bridgehead atoms. The number of ether oxygens (including phenoxy) is 1. The standard InChI is InChI=1S/C15H19N3O2/c1-10-16-9-13(17-10)14(19)18-11-5-7-12(8-6-11)20-15(2,3)4/h5-9H,1-4H3,(H,16,17)(H,18,19). The first-order valence-electron chi connectivity index (χ1n) is 6.45. The Morgan fingerprint density at radius 2 is 1.90 bits per heavy atom. The Bertz CT molecular complexity index is 594. The number of H-pyrrole nitrogens is 1. The molecule has 2 rings (SSSR count). The molecule has 20 heavy (non-hydrogen) atoms. The van der Waals surface area contributed by atoms with E-state index in [0.717, 1.165) is 5.75 Å². The maximum Gasteiger partial charge on any atom is 0.273 e. The van der Waals surface area contributed by atoms with Crippen LogP contribution in [0.15, 0.2) is 30.5 Å². The van der Waals surface area contributed by atoms with Crippen molar-refractivity contribution in [1.29, 1.82) is 0 Å². The van der Waals surface area contributed by atoms with E-state index in [1.165, 1.54) is 6.20 Å². The molecule has 0 saturated heterocycles. The predicted octanol–water partition coefficient (Wildman–Crippen LogP) is 3.15. The molecule has 0 fully saturated rings. The topological polar surface area (TPSA) is 67.0 Å². The van der Waals surface area contributed by atoms with Crippen molar-refractivity contribution in [3.8, 4) is 5.75 Å². The molecule has 1 aromatic heterocycles. The van der Waals surface area contributed by atoms with E-state index in [0.29, 0.717) is 17.2 Å². The van der Waals surface area contributed by atoms with Gasteiger partial charge >= 0.3 is 0 Å². The lowest BCUT2D eigenvalue weighted by Gasteiger charge is -2.21. The Labute approximate surface area is 118 Å². The van der Waals surface area contributed by atoms with Crippen molar-refractivity contribution in [3.05, 3.63) is 42.0 Å². The first-order valence-corrected chi connectivity index (χ1v) is 6.45. The Hall–Kier alpha value is -2.30. The molecule has 0 aliphatic carbocycles. The predicted molar refractivity (Wildman–Crippen MR) is 78.1 cm³/mol. The van der Waals surface area contributed by atoms with Gasteiger partial charge in [-0.25, -0.2) is 4.98 Å². The smallest absolute Gasteiger partial charge is 0.273 e. The quantitative estimate of drug-likeness (QED) is 0.902. The van der Waals surface area contributed by atoms with Gasteiger partial charge in [-0.3, -0.25) is 4.79 Å². The number of anilines is 1. The molecule has 1 amide bonds. The fourth-order valence-corrected chi connectivity index (χ4v) is 1.69. The van der Waals surface area contributed by atoms with E-state index in [1.54, 1.807) is 6.92 Å². The number of rotatable bonds is 3. The van der Waals surface area contributed by atoms with Crippen LogP contribution >= 0.6 is 0 Å². The van der Waals surface area contributed by atoms with E-state index in [1.807, 2.05) is 45.0 Å². The first kappa shape index (κ1) is 14.1. The molecule has 1 heterocycles. The summed E-state index contributed by atoms with van der Waals surface area (Å²) in [5.74, 6) is 1.27. The number of aryl methyl sites for hydroxylation is 1. The Morgan fingerprint density at radius 3 is 2.40 bits per heavy atom. The van der Waals surface area contributed by atoms with Gasteiger partial charge in [0.1, 0.15) is 22.9 Å². The monoisotopic (exact) mass is 273 g/mol. The molecular weight excluding hydrogens is 254 g/mol. The van der Waals surface area contributed by atoms with Crippen LogP contribution < -0.4 is 10.1 Å². The summed E-state index contributed by atoms with van der Waals surface area (Å²) in [6.07, 6.45) is 1.52. The zero-order valence-corrected chi connectivity index (χ0v) is 12.2. The highest BCUT2D eigenvalue weighted by Crippen LogP contribution is 2.20. The number of aromatic amines is 1. The summed E-state index contributed by atoms with van der Waals surface area (Å²) >= 11 is 0. The number of nitrogens with one attached hydrogen (secondary N) is 2. The number of nitrogens with zero attached hydrogens (tertiary/aromatic N) is 1. The molecule has 0 saturated carbocycles. The van der Waals surface area contributed by atoms with Crippen molar-refractivity contribution >= 4 is 11.6 Å². The van der Waals surface area contributed by atoms with E-state index >= 15 is 0 Å². The summed E-state index contributed by atoms with van der Waals surface area (Å²) < 4.78 is 5.72. The number of imidazole rings is 1. The highest BCUT2D eigenvalue weighted by molar-refractivity contribution is 6.02. The summed E-state index contributed by atoms with van der Waals surface area (Å²) in [5, 5.41) is 2.80. The molecular formula is C15H19N3O2.